The summed E-state index contributed by atoms with van der Waals surface area (Å²) in [4.78, 5) is 0. The molecule has 0 aliphatic carbocycles. The summed E-state index contributed by atoms with van der Waals surface area (Å²) < 4.78 is 5.79. The molecule has 0 bridgehead atoms. The maximum atomic E-state index is 5.79. The predicted octanol–water partition coefficient (Wildman–Crippen LogP) is 2.29. The van der Waals surface area contributed by atoms with Gasteiger partial charge in [-0.05, 0) is 25.3 Å². The Bertz CT molecular complexity index is 113. The van der Waals surface area contributed by atoms with Crippen LogP contribution in [0, 0.1) is 11.8 Å². The van der Waals surface area contributed by atoms with Crippen molar-refractivity contribution in [3.63, 3.8) is 0 Å². The fraction of sp³-hybridized carbons (Fsp3) is 1.00. The zero-order valence-electron chi connectivity index (χ0n) is 9.76. The predicted molar refractivity (Wildman–Crippen MR) is 58.0 cm³/mol. The van der Waals surface area contributed by atoms with Crippen LogP contribution in [0.1, 0.15) is 34.1 Å². The van der Waals surface area contributed by atoms with Crippen LogP contribution >= 0.6 is 0 Å². The second kappa shape index (κ2) is 7.34. The maximum Gasteiger partial charge on any atom is 0.0701 e. The van der Waals surface area contributed by atoms with E-state index in [4.69, 9.17) is 4.74 Å². The van der Waals surface area contributed by atoms with Gasteiger partial charge < -0.3 is 10.1 Å². The van der Waals surface area contributed by atoms with Crippen molar-refractivity contribution in [3.05, 3.63) is 0 Å². The van der Waals surface area contributed by atoms with Crippen molar-refractivity contribution >= 4 is 0 Å². The van der Waals surface area contributed by atoms with E-state index in [1.165, 1.54) is 0 Å². The molecule has 0 spiro atoms. The summed E-state index contributed by atoms with van der Waals surface area (Å²) in [5, 5.41) is 3.17. The van der Waals surface area contributed by atoms with Crippen LogP contribution in [0.5, 0.6) is 0 Å². The van der Waals surface area contributed by atoms with Gasteiger partial charge in [0.2, 0.25) is 0 Å². The van der Waals surface area contributed by atoms with Crippen LogP contribution < -0.4 is 5.32 Å². The minimum absolute atomic E-state index is 0.382. The second-order valence-corrected chi connectivity index (χ2v) is 4.54. The monoisotopic (exact) mass is 187 g/mol. The Hall–Kier alpha value is -0.0800. The molecule has 1 N–H and O–H groups in total. The molecule has 0 aromatic heterocycles. The lowest BCUT2D eigenvalue weighted by atomic mass is 10.1. The highest BCUT2D eigenvalue weighted by atomic mass is 16.5. The van der Waals surface area contributed by atoms with E-state index in [1.807, 2.05) is 7.05 Å². The van der Waals surface area contributed by atoms with E-state index in [0.717, 1.165) is 19.6 Å². The molecule has 0 radical (unpaired) electrons. The number of hydrogen-bond donors (Lipinski definition) is 1. The van der Waals surface area contributed by atoms with Crippen molar-refractivity contribution in [2.75, 3.05) is 20.2 Å². The standard InChI is InChI=1S/C11H25NO/c1-9(2)6-11(7-12-5)13-8-10(3)4/h9-12H,6-8H2,1-5H3. The van der Waals surface area contributed by atoms with Crippen molar-refractivity contribution < 1.29 is 4.74 Å². The molecule has 0 rings (SSSR count). The molecule has 80 valence electrons. The number of likely N-dealkylation sites (N-methyl/N-ethyl adjacent to an activating group) is 1. The van der Waals surface area contributed by atoms with Crippen LogP contribution in [-0.2, 0) is 4.74 Å². The summed E-state index contributed by atoms with van der Waals surface area (Å²) in [5.74, 6) is 1.34. The van der Waals surface area contributed by atoms with Crippen LogP contribution in [0.15, 0.2) is 0 Å². The highest BCUT2D eigenvalue weighted by Crippen LogP contribution is 2.09. The Kier molecular flexibility index (Phi) is 7.29. The molecule has 1 unspecified atom stereocenters. The summed E-state index contributed by atoms with van der Waals surface area (Å²) in [6, 6.07) is 0. The molecular weight excluding hydrogens is 162 g/mol. The summed E-state index contributed by atoms with van der Waals surface area (Å²) in [5.41, 5.74) is 0. The Morgan fingerprint density at radius 2 is 1.69 bits per heavy atom. The van der Waals surface area contributed by atoms with Crippen LogP contribution in [0.4, 0.5) is 0 Å². The van der Waals surface area contributed by atoms with Crippen molar-refractivity contribution in [2.24, 2.45) is 11.8 Å². The first-order chi connectivity index (χ1) is 6.06. The largest absolute Gasteiger partial charge is 0.377 e. The molecule has 0 heterocycles. The lowest BCUT2D eigenvalue weighted by Gasteiger charge is -2.20. The maximum absolute atomic E-state index is 5.79. The van der Waals surface area contributed by atoms with Crippen LogP contribution in [0.2, 0.25) is 0 Å². The smallest absolute Gasteiger partial charge is 0.0701 e. The van der Waals surface area contributed by atoms with Crippen LogP contribution in [-0.4, -0.2) is 26.3 Å². The van der Waals surface area contributed by atoms with E-state index in [2.05, 4.69) is 33.0 Å². The molecule has 1 atom stereocenters. The lowest BCUT2D eigenvalue weighted by molar-refractivity contribution is 0.0249. The number of ether oxygens (including phenoxy) is 1. The zero-order valence-corrected chi connectivity index (χ0v) is 9.76. The molecule has 0 saturated heterocycles. The molecule has 0 saturated carbocycles. The molecule has 2 heteroatoms. The fourth-order valence-electron chi connectivity index (χ4n) is 1.29. The van der Waals surface area contributed by atoms with Gasteiger partial charge in [-0.25, -0.2) is 0 Å². The van der Waals surface area contributed by atoms with Gasteiger partial charge in [0.25, 0.3) is 0 Å². The van der Waals surface area contributed by atoms with E-state index in [9.17, 15) is 0 Å². The Morgan fingerprint density at radius 3 is 2.08 bits per heavy atom. The number of hydrogen-bond acceptors (Lipinski definition) is 2. The molecule has 13 heavy (non-hydrogen) atoms. The molecule has 0 aliphatic heterocycles. The Morgan fingerprint density at radius 1 is 1.08 bits per heavy atom. The number of rotatable bonds is 7. The molecule has 0 aromatic rings. The van der Waals surface area contributed by atoms with Gasteiger partial charge in [0.1, 0.15) is 0 Å². The average molecular weight is 187 g/mol. The highest BCUT2D eigenvalue weighted by molar-refractivity contribution is 4.63. The summed E-state index contributed by atoms with van der Waals surface area (Å²) in [6.07, 6.45) is 1.53. The van der Waals surface area contributed by atoms with E-state index in [1.54, 1.807) is 0 Å². The molecule has 0 amide bonds. The Labute approximate surface area is 83.1 Å². The lowest BCUT2D eigenvalue weighted by Crippen LogP contribution is -2.29. The number of nitrogens with one attached hydrogen (secondary N) is 1. The first-order valence-corrected chi connectivity index (χ1v) is 5.32. The van der Waals surface area contributed by atoms with E-state index >= 15 is 0 Å². The first kappa shape index (κ1) is 12.9. The normalized spacial score (nSPS) is 14.1. The van der Waals surface area contributed by atoms with Crippen molar-refractivity contribution in [3.8, 4) is 0 Å². The third kappa shape index (κ3) is 8.26. The third-order valence-corrected chi connectivity index (χ3v) is 1.83. The molecular formula is C11H25NO. The van der Waals surface area contributed by atoms with E-state index in [-0.39, 0.29) is 0 Å². The minimum atomic E-state index is 0.382. The fourth-order valence-corrected chi connectivity index (χ4v) is 1.29. The van der Waals surface area contributed by atoms with Gasteiger partial charge in [-0.1, -0.05) is 27.7 Å². The quantitative estimate of drug-likeness (QED) is 0.660. The SMILES string of the molecule is CNCC(CC(C)C)OCC(C)C. The minimum Gasteiger partial charge on any atom is -0.377 e. The van der Waals surface area contributed by atoms with Gasteiger partial charge in [-0.15, -0.1) is 0 Å². The van der Waals surface area contributed by atoms with Crippen molar-refractivity contribution in [2.45, 2.75) is 40.2 Å². The average Bonchev–Trinajstić information content (AvgIpc) is 1.99. The summed E-state index contributed by atoms with van der Waals surface area (Å²) >= 11 is 0. The van der Waals surface area contributed by atoms with Gasteiger partial charge >= 0.3 is 0 Å². The topological polar surface area (TPSA) is 21.3 Å². The Balaban J connectivity index is 3.66. The molecule has 0 aromatic carbocycles. The molecule has 0 fully saturated rings. The van der Waals surface area contributed by atoms with Gasteiger partial charge in [0, 0.05) is 13.2 Å². The highest BCUT2D eigenvalue weighted by Gasteiger charge is 2.10. The van der Waals surface area contributed by atoms with Gasteiger partial charge in [0.05, 0.1) is 6.10 Å². The second-order valence-electron chi connectivity index (χ2n) is 4.54. The van der Waals surface area contributed by atoms with Gasteiger partial charge in [-0.3, -0.25) is 0 Å². The van der Waals surface area contributed by atoms with Crippen molar-refractivity contribution in [1.29, 1.82) is 0 Å². The van der Waals surface area contributed by atoms with Crippen molar-refractivity contribution in [1.82, 2.24) is 5.32 Å². The van der Waals surface area contributed by atoms with Crippen LogP contribution in [0.3, 0.4) is 0 Å². The zero-order chi connectivity index (χ0) is 10.3. The molecule has 0 aliphatic rings. The van der Waals surface area contributed by atoms with Gasteiger partial charge in [-0.2, -0.15) is 0 Å². The van der Waals surface area contributed by atoms with Crippen LogP contribution in [0.25, 0.3) is 0 Å². The van der Waals surface area contributed by atoms with E-state index < -0.39 is 0 Å². The van der Waals surface area contributed by atoms with E-state index in [0.29, 0.717) is 17.9 Å². The van der Waals surface area contributed by atoms with Gasteiger partial charge in [0.15, 0.2) is 0 Å². The summed E-state index contributed by atoms with van der Waals surface area (Å²) in [6.45, 7) is 10.7. The summed E-state index contributed by atoms with van der Waals surface area (Å²) in [7, 11) is 1.98. The molecule has 2 nitrogen and oxygen atoms in total. The third-order valence-electron chi connectivity index (χ3n) is 1.83. The first-order valence-electron chi connectivity index (χ1n) is 5.32.